The molecule has 0 saturated carbocycles. The van der Waals surface area contributed by atoms with Crippen molar-refractivity contribution in [2.24, 2.45) is 0 Å². The van der Waals surface area contributed by atoms with E-state index in [1.165, 1.54) is 12.1 Å². The van der Waals surface area contributed by atoms with Crippen molar-refractivity contribution in [2.75, 3.05) is 13.7 Å². The van der Waals surface area contributed by atoms with E-state index in [1.54, 1.807) is 44.4 Å². The molecule has 0 aliphatic carbocycles. The minimum absolute atomic E-state index is 0.164. The van der Waals surface area contributed by atoms with Crippen molar-refractivity contribution in [3.8, 4) is 5.75 Å². The van der Waals surface area contributed by atoms with Crippen LogP contribution >= 0.6 is 0 Å². The number of nitrogens with one attached hydrogen (secondary N) is 2. The zero-order valence-electron chi connectivity index (χ0n) is 16.4. The Kier molecular flexibility index (Phi) is 5.54. The van der Waals surface area contributed by atoms with Crippen LogP contribution in [-0.4, -0.2) is 36.4 Å². The molecule has 7 nitrogen and oxygen atoms in total. The fourth-order valence-electron chi connectivity index (χ4n) is 3.23. The van der Waals surface area contributed by atoms with E-state index in [9.17, 15) is 18.8 Å². The van der Waals surface area contributed by atoms with Gasteiger partial charge < -0.3 is 15.4 Å². The molecular formula is C21H22FN3O4. The molecule has 2 aromatic rings. The summed E-state index contributed by atoms with van der Waals surface area (Å²) in [6.45, 7) is 3.20. The summed E-state index contributed by atoms with van der Waals surface area (Å²) in [5.74, 6) is -0.699. The summed E-state index contributed by atoms with van der Waals surface area (Å²) in [7, 11) is 1.55. The molecule has 1 aliphatic rings. The molecule has 0 bridgehead atoms. The van der Waals surface area contributed by atoms with E-state index in [4.69, 9.17) is 4.74 Å². The lowest BCUT2D eigenvalue weighted by Crippen LogP contribution is -2.43. The van der Waals surface area contributed by atoms with Crippen LogP contribution in [0.1, 0.15) is 23.6 Å². The second kappa shape index (κ2) is 7.90. The van der Waals surface area contributed by atoms with Crippen LogP contribution in [0.25, 0.3) is 0 Å². The Morgan fingerprint density at radius 1 is 1.21 bits per heavy atom. The number of benzene rings is 2. The maximum absolute atomic E-state index is 12.9. The van der Waals surface area contributed by atoms with Gasteiger partial charge in [0.25, 0.3) is 5.91 Å². The molecule has 1 saturated heterocycles. The van der Waals surface area contributed by atoms with Crippen molar-refractivity contribution in [1.29, 1.82) is 0 Å². The number of hydrogen-bond acceptors (Lipinski definition) is 4. The van der Waals surface area contributed by atoms with Crippen LogP contribution in [0.2, 0.25) is 0 Å². The van der Waals surface area contributed by atoms with Gasteiger partial charge in [0.15, 0.2) is 0 Å². The monoisotopic (exact) mass is 399 g/mol. The van der Waals surface area contributed by atoms with E-state index in [-0.39, 0.29) is 12.4 Å². The van der Waals surface area contributed by atoms with Gasteiger partial charge in [0.1, 0.15) is 23.7 Å². The number of aryl methyl sites for hydroxylation is 1. The molecule has 0 aromatic heterocycles. The molecule has 1 aliphatic heterocycles. The first kappa shape index (κ1) is 20.3. The fourth-order valence-corrected chi connectivity index (χ4v) is 3.23. The van der Waals surface area contributed by atoms with Crippen molar-refractivity contribution in [1.82, 2.24) is 15.5 Å². The van der Waals surface area contributed by atoms with Crippen molar-refractivity contribution >= 4 is 17.8 Å². The number of urea groups is 1. The first-order chi connectivity index (χ1) is 13.7. The standard InChI is InChI=1S/C21H22FN3O4/c1-13-10-15(6-9-17(13)29-3)21(2)19(27)25(20(28)24-21)12-18(26)23-11-14-4-7-16(22)8-5-14/h4-10H,11-12H2,1-3H3,(H,23,26)(H,24,28). The Labute approximate surface area is 167 Å². The smallest absolute Gasteiger partial charge is 0.325 e. The average molecular weight is 399 g/mol. The largest absolute Gasteiger partial charge is 0.496 e. The molecule has 2 aromatic carbocycles. The van der Waals surface area contributed by atoms with E-state index >= 15 is 0 Å². The van der Waals surface area contributed by atoms with Crippen molar-refractivity contribution < 1.29 is 23.5 Å². The van der Waals surface area contributed by atoms with Crippen molar-refractivity contribution in [2.45, 2.75) is 25.9 Å². The molecule has 29 heavy (non-hydrogen) atoms. The first-order valence-corrected chi connectivity index (χ1v) is 9.05. The number of nitrogens with zero attached hydrogens (tertiary/aromatic N) is 1. The normalized spacial score (nSPS) is 18.6. The Hall–Kier alpha value is -3.42. The summed E-state index contributed by atoms with van der Waals surface area (Å²) < 4.78 is 18.2. The summed E-state index contributed by atoms with van der Waals surface area (Å²) in [4.78, 5) is 38.4. The number of carbonyl (C=O) groups is 3. The third kappa shape index (κ3) is 4.06. The minimum Gasteiger partial charge on any atom is -0.496 e. The Morgan fingerprint density at radius 2 is 1.90 bits per heavy atom. The van der Waals surface area contributed by atoms with Crippen LogP contribution in [0, 0.1) is 12.7 Å². The van der Waals surface area contributed by atoms with Gasteiger partial charge in [0.05, 0.1) is 7.11 Å². The topological polar surface area (TPSA) is 87.7 Å². The van der Waals surface area contributed by atoms with E-state index in [0.717, 1.165) is 10.5 Å². The molecule has 1 unspecified atom stereocenters. The molecule has 0 spiro atoms. The van der Waals surface area contributed by atoms with Crippen LogP contribution in [0.5, 0.6) is 5.75 Å². The maximum Gasteiger partial charge on any atom is 0.325 e. The Bertz CT molecular complexity index is 961. The lowest BCUT2D eigenvalue weighted by molar-refractivity contribution is -0.134. The van der Waals surface area contributed by atoms with E-state index in [0.29, 0.717) is 16.9 Å². The number of methoxy groups -OCH3 is 1. The SMILES string of the molecule is COc1ccc(C2(C)NC(=O)N(CC(=O)NCc3ccc(F)cc3)C2=O)cc1C. The van der Waals surface area contributed by atoms with Gasteiger partial charge in [-0.05, 0) is 54.8 Å². The van der Waals surface area contributed by atoms with Gasteiger partial charge in [-0.3, -0.25) is 14.5 Å². The van der Waals surface area contributed by atoms with Crippen molar-refractivity contribution in [3.63, 3.8) is 0 Å². The highest BCUT2D eigenvalue weighted by atomic mass is 19.1. The zero-order chi connectivity index (χ0) is 21.2. The number of hydrogen-bond donors (Lipinski definition) is 2. The number of carbonyl (C=O) groups excluding carboxylic acids is 3. The first-order valence-electron chi connectivity index (χ1n) is 9.05. The molecule has 1 heterocycles. The molecular weight excluding hydrogens is 377 g/mol. The molecule has 8 heteroatoms. The van der Waals surface area contributed by atoms with Gasteiger partial charge in [-0.2, -0.15) is 0 Å². The number of imide groups is 1. The Morgan fingerprint density at radius 3 is 2.52 bits per heavy atom. The number of halogens is 1. The molecule has 1 fully saturated rings. The summed E-state index contributed by atoms with van der Waals surface area (Å²) in [5.41, 5.74) is 0.855. The van der Waals surface area contributed by atoms with Crippen LogP contribution < -0.4 is 15.4 Å². The molecule has 1 atom stereocenters. The third-order valence-corrected chi connectivity index (χ3v) is 4.95. The van der Waals surface area contributed by atoms with Gasteiger partial charge in [-0.1, -0.05) is 18.2 Å². The molecule has 0 radical (unpaired) electrons. The molecule has 3 rings (SSSR count). The summed E-state index contributed by atoms with van der Waals surface area (Å²) in [5, 5.41) is 5.30. The van der Waals surface area contributed by atoms with Gasteiger partial charge in [0, 0.05) is 6.54 Å². The molecule has 152 valence electrons. The fraction of sp³-hybridized carbons (Fsp3) is 0.286. The van der Waals surface area contributed by atoms with Gasteiger partial charge >= 0.3 is 6.03 Å². The van der Waals surface area contributed by atoms with E-state index < -0.39 is 29.9 Å². The number of amides is 4. The van der Waals surface area contributed by atoms with Gasteiger partial charge in [-0.15, -0.1) is 0 Å². The van der Waals surface area contributed by atoms with Gasteiger partial charge in [0.2, 0.25) is 5.91 Å². The van der Waals surface area contributed by atoms with Crippen LogP contribution in [0.15, 0.2) is 42.5 Å². The van der Waals surface area contributed by atoms with Gasteiger partial charge in [-0.25, -0.2) is 9.18 Å². The average Bonchev–Trinajstić information content (AvgIpc) is 2.91. The lowest BCUT2D eigenvalue weighted by Gasteiger charge is -2.23. The predicted octanol–water partition coefficient (Wildman–Crippen LogP) is 2.23. The van der Waals surface area contributed by atoms with E-state index in [2.05, 4.69) is 10.6 Å². The zero-order valence-corrected chi connectivity index (χ0v) is 16.4. The van der Waals surface area contributed by atoms with Crippen LogP contribution in [0.3, 0.4) is 0 Å². The third-order valence-electron chi connectivity index (χ3n) is 4.95. The number of ether oxygens (including phenoxy) is 1. The second-order valence-corrected chi connectivity index (χ2v) is 7.03. The van der Waals surface area contributed by atoms with Crippen LogP contribution in [0.4, 0.5) is 9.18 Å². The quantitative estimate of drug-likeness (QED) is 0.730. The van der Waals surface area contributed by atoms with E-state index in [1.807, 2.05) is 6.92 Å². The minimum atomic E-state index is -1.27. The Balaban J connectivity index is 1.68. The lowest BCUT2D eigenvalue weighted by atomic mass is 9.90. The summed E-state index contributed by atoms with van der Waals surface area (Å²) in [6, 6.07) is 10.3. The van der Waals surface area contributed by atoms with Crippen LogP contribution in [-0.2, 0) is 21.7 Å². The second-order valence-electron chi connectivity index (χ2n) is 7.03. The summed E-state index contributed by atoms with van der Waals surface area (Å²) >= 11 is 0. The molecule has 2 N–H and O–H groups in total. The van der Waals surface area contributed by atoms with Crippen molar-refractivity contribution in [3.05, 3.63) is 65.0 Å². The summed E-state index contributed by atoms with van der Waals surface area (Å²) in [6.07, 6.45) is 0. The highest BCUT2D eigenvalue weighted by Gasteiger charge is 2.49. The highest BCUT2D eigenvalue weighted by Crippen LogP contribution is 2.31. The highest BCUT2D eigenvalue weighted by molar-refractivity contribution is 6.09. The molecule has 4 amide bonds. The maximum atomic E-state index is 12.9. The predicted molar refractivity (Wildman–Crippen MR) is 104 cm³/mol. The number of rotatable bonds is 6.